The SMILES string of the molecule is O=C1CCC23CCCCCCC12c1cc2ccccc2cc13. The van der Waals surface area contributed by atoms with Crippen LogP contribution in [0.5, 0.6) is 0 Å². The maximum atomic E-state index is 13.0. The molecule has 2 fully saturated rings. The van der Waals surface area contributed by atoms with Crippen molar-refractivity contribution in [3.63, 3.8) is 0 Å². The molecule has 2 aromatic rings. The molecule has 3 aliphatic rings. The molecule has 5 rings (SSSR count). The van der Waals surface area contributed by atoms with Gasteiger partial charge in [-0.2, -0.15) is 0 Å². The highest BCUT2D eigenvalue weighted by atomic mass is 16.1. The van der Waals surface area contributed by atoms with Crippen molar-refractivity contribution in [1.82, 2.24) is 0 Å². The van der Waals surface area contributed by atoms with Crippen molar-refractivity contribution in [2.24, 2.45) is 0 Å². The average molecular weight is 290 g/mol. The molecule has 0 bridgehead atoms. The van der Waals surface area contributed by atoms with Crippen LogP contribution in [-0.4, -0.2) is 5.78 Å². The highest BCUT2D eigenvalue weighted by Gasteiger charge is 2.68. The summed E-state index contributed by atoms with van der Waals surface area (Å²) in [5, 5.41) is 2.64. The van der Waals surface area contributed by atoms with E-state index in [1.54, 1.807) is 0 Å². The van der Waals surface area contributed by atoms with Crippen molar-refractivity contribution in [2.45, 2.75) is 62.2 Å². The monoisotopic (exact) mass is 290 g/mol. The summed E-state index contributed by atoms with van der Waals surface area (Å²) >= 11 is 0. The molecule has 0 radical (unpaired) electrons. The first-order valence-corrected chi connectivity index (χ1v) is 8.85. The lowest BCUT2D eigenvalue weighted by Crippen LogP contribution is -2.58. The van der Waals surface area contributed by atoms with Crippen molar-refractivity contribution in [1.29, 1.82) is 0 Å². The molecule has 1 nitrogen and oxygen atoms in total. The lowest BCUT2D eigenvalue weighted by atomic mass is 9.44. The Hall–Kier alpha value is -1.63. The first-order valence-electron chi connectivity index (χ1n) is 8.85. The Morgan fingerprint density at radius 1 is 0.773 bits per heavy atom. The Balaban J connectivity index is 1.80. The maximum Gasteiger partial charge on any atom is 0.144 e. The van der Waals surface area contributed by atoms with Gasteiger partial charge in [0.2, 0.25) is 0 Å². The van der Waals surface area contributed by atoms with E-state index in [1.807, 2.05) is 0 Å². The zero-order valence-electron chi connectivity index (χ0n) is 13.0. The van der Waals surface area contributed by atoms with Crippen LogP contribution in [0.4, 0.5) is 0 Å². The summed E-state index contributed by atoms with van der Waals surface area (Å²) < 4.78 is 0. The lowest BCUT2D eigenvalue weighted by molar-refractivity contribution is -0.125. The second-order valence-electron chi connectivity index (χ2n) is 7.57. The molecule has 0 saturated heterocycles. The van der Waals surface area contributed by atoms with Crippen LogP contribution in [0.25, 0.3) is 10.8 Å². The van der Waals surface area contributed by atoms with Crippen LogP contribution in [0.15, 0.2) is 36.4 Å². The molecule has 0 aromatic heterocycles. The van der Waals surface area contributed by atoms with Crippen molar-refractivity contribution >= 4 is 16.6 Å². The number of Topliss-reactive ketones (excluding diaryl/α,β-unsaturated/α-hetero) is 1. The molecule has 0 heterocycles. The highest BCUT2D eigenvalue weighted by molar-refractivity contribution is 6.01. The molecule has 22 heavy (non-hydrogen) atoms. The van der Waals surface area contributed by atoms with Crippen LogP contribution in [0, 0.1) is 0 Å². The van der Waals surface area contributed by atoms with E-state index in [0.29, 0.717) is 5.78 Å². The summed E-state index contributed by atoms with van der Waals surface area (Å²) in [7, 11) is 0. The van der Waals surface area contributed by atoms with Gasteiger partial charge in [0.05, 0.1) is 5.41 Å². The van der Waals surface area contributed by atoms with Gasteiger partial charge in [-0.25, -0.2) is 0 Å². The van der Waals surface area contributed by atoms with Crippen LogP contribution in [0.2, 0.25) is 0 Å². The Morgan fingerprint density at radius 2 is 1.45 bits per heavy atom. The van der Waals surface area contributed by atoms with E-state index in [1.165, 1.54) is 54.0 Å². The second kappa shape index (κ2) is 4.22. The van der Waals surface area contributed by atoms with E-state index in [-0.39, 0.29) is 10.8 Å². The number of ketones is 1. The van der Waals surface area contributed by atoms with Gasteiger partial charge in [-0.3, -0.25) is 4.79 Å². The topological polar surface area (TPSA) is 17.1 Å². The predicted molar refractivity (Wildman–Crippen MR) is 89.2 cm³/mol. The Morgan fingerprint density at radius 3 is 2.23 bits per heavy atom. The third kappa shape index (κ3) is 1.30. The molecular weight excluding hydrogens is 268 g/mol. The van der Waals surface area contributed by atoms with E-state index >= 15 is 0 Å². The van der Waals surface area contributed by atoms with E-state index in [4.69, 9.17) is 0 Å². The standard InChI is InChI=1S/C21H22O/c22-19-9-12-20-10-5-1-2-6-11-21(19,20)18-14-16-8-4-3-7-15(16)13-17(18)20/h3-4,7-8,13-14H,1-2,5-6,9-12H2. The van der Waals surface area contributed by atoms with Crippen LogP contribution in [0.1, 0.15) is 62.5 Å². The fraction of sp³-hybridized carbons (Fsp3) is 0.476. The Kier molecular flexibility index (Phi) is 2.47. The summed E-state index contributed by atoms with van der Waals surface area (Å²) in [4.78, 5) is 13.0. The normalized spacial score (nSPS) is 33.4. The third-order valence-corrected chi connectivity index (χ3v) is 6.84. The highest BCUT2D eigenvalue weighted by Crippen LogP contribution is 2.68. The number of hydrogen-bond donors (Lipinski definition) is 0. The minimum atomic E-state index is -0.118. The molecule has 0 aliphatic heterocycles. The fourth-order valence-electron chi connectivity index (χ4n) is 5.88. The van der Waals surface area contributed by atoms with Gasteiger partial charge in [0.15, 0.2) is 0 Å². The van der Waals surface area contributed by atoms with Gasteiger partial charge in [-0.1, -0.05) is 56.0 Å². The quantitative estimate of drug-likeness (QED) is 0.664. The van der Waals surface area contributed by atoms with Gasteiger partial charge in [0.25, 0.3) is 0 Å². The van der Waals surface area contributed by atoms with E-state index in [2.05, 4.69) is 36.4 Å². The fourth-order valence-corrected chi connectivity index (χ4v) is 5.88. The average Bonchev–Trinajstić information content (AvgIpc) is 2.75. The number of rotatable bonds is 0. The second-order valence-corrected chi connectivity index (χ2v) is 7.57. The van der Waals surface area contributed by atoms with Gasteiger partial charge in [-0.15, -0.1) is 0 Å². The maximum absolute atomic E-state index is 13.0. The van der Waals surface area contributed by atoms with Crippen molar-refractivity contribution < 1.29 is 4.79 Å². The molecule has 1 heteroatoms. The molecule has 0 spiro atoms. The third-order valence-electron chi connectivity index (χ3n) is 6.84. The first kappa shape index (κ1) is 12.9. The molecule has 2 atom stereocenters. The summed E-state index contributed by atoms with van der Waals surface area (Å²) in [6.45, 7) is 0. The van der Waals surface area contributed by atoms with Crippen LogP contribution >= 0.6 is 0 Å². The zero-order chi connectivity index (χ0) is 14.8. The number of hydrogen-bond acceptors (Lipinski definition) is 1. The van der Waals surface area contributed by atoms with Gasteiger partial charge in [0, 0.05) is 11.8 Å². The molecule has 2 saturated carbocycles. The summed E-state index contributed by atoms with van der Waals surface area (Å²) in [5.74, 6) is 0.539. The van der Waals surface area contributed by atoms with Gasteiger partial charge in [0.1, 0.15) is 5.78 Å². The number of benzene rings is 2. The van der Waals surface area contributed by atoms with Crippen LogP contribution in [-0.2, 0) is 15.6 Å². The molecule has 0 N–H and O–H groups in total. The molecule has 2 unspecified atom stereocenters. The van der Waals surface area contributed by atoms with Gasteiger partial charge >= 0.3 is 0 Å². The smallest absolute Gasteiger partial charge is 0.144 e. The van der Waals surface area contributed by atoms with Crippen LogP contribution in [0.3, 0.4) is 0 Å². The number of carbonyl (C=O) groups is 1. The Labute approximate surface area is 131 Å². The largest absolute Gasteiger partial charge is 0.299 e. The summed E-state index contributed by atoms with van der Waals surface area (Å²) in [5.41, 5.74) is 2.96. The van der Waals surface area contributed by atoms with Crippen molar-refractivity contribution in [3.05, 3.63) is 47.5 Å². The lowest BCUT2D eigenvalue weighted by Gasteiger charge is -2.57. The molecule has 0 amide bonds. The van der Waals surface area contributed by atoms with Crippen molar-refractivity contribution in [3.8, 4) is 0 Å². The zero-order valence-corrected chi connectivity index (χ0v) is 13.0. The predicted octanol–water partition coefficient (Wildman–Crippen LogP) is 5.05. The van der Waals surface area contributed by atoms with Crippen LogP contribution < -0.4 is 0 Å². The molecule has 2 aromatic carbocycles. The summed E-state index contributed by atoms with van der Waals surface area (Å²) in [6.07, 6.45) is 9.37. The molecule has 112 valence electrons. The molecular formula is C21H22O. The minimum absolute atomic E-state index is 0.118. The van der Waals surface area contributed by atoms with Crippen molar-refractivity contribution in [2.75, 3.05) is 0 Å². The number of carbonyl (C=O) groups excluding carboxylic acids is 1. The first-order chi connectivity index (χ1) is 10.8. The van der Waals surface area contributed by atoms with E-state index < -0.39 is 0 Å². The minimum Gasteiger partial charge on any atom is -0.299 e. The number of fused-ring (bicyclic) bond motifs is 2. The van der Waals surface area contributed by atoms with Gasteiger partial charge in [-0.05, 0) is 47.2 Å². The molecule has 3 aliphatic carbocycles. The van der Waals surface area contributed by atoms with Gasteiger partial charge < -0.3 is 0 Å². The Bertz CT molecular complexity index is 790. The van der Waals surface area contributed by atoms with E-state index in [9.17, 15) is 4.79 Å². The summed E-state index contributed by atoms with van der Waals surface area (Å²) in [6, 6.07) is 13.4. The van der Waals surface area contributed by atoms with E-state index in [0.717, 1.165) is 19.3 Å².